The number of nitrogens with zero attached hydrogens (tertiary/aromatic N) is 2. The van der Waals surface area contributed by atoms with E-state index < -0.39 is 0 Å². The van der Waals surface area contributed by atoms with E-state index in [1.807, 2.05) is 20.8 Å². The summed E-state index contributed by atoms with van der Waals surface area (Å²) in [5, 5.41) is 5.81. The quantitative estimate of drug-likeness (QED) is 0.620. The van der Waals surface area contributed by atoms with E-state index in [0.717, 1.165) is 0 Å². The maximum absolute atomic E-state index is 12.2. The zero-order chi connectivity index (χ0) is 15.8. The van der Waals surface area contributed by atoms with Crippen LogP contribution in [0.15, 0.2) is 6.20 Å². The van der Waals surface area contributed by atoms with Crippen molar-refractivity contribution in [3.63, 3.8) is 0 Å². The first kappa shape index (κ1) is 16.9. The fraction of sp³-hybridized carbons (Fsp3) is 0.571. The zero-order valence-electron chi connectivity index (χ0n) is 12.8. The van der Waals surface area contributed by atoms with Crippen LogP contribution in [-0.4, -0.2) is 34.9 Å². The van der Waals surface area contributed by atoms with Crippen LogP contribution in [-0.2, 0) is 4.79 Å². The Morgan fingerprint density at radius 2 is 2.10 bits per heavy atom. The van der Waals surface area contributed by atoms with Gasteiger partial charge in [0.25, 0.3) is 5.91 Å². The lowest BCUT2D eigenvalue weighted by Crippen LogP contribution is -2.28. The molecule has 0 aliphatic heterocycles. The molecule has 1 aromatic rings. The van der Waals surface area contributed by atoms with Gasteiger partial charge in [-0.05, 0) is 13.3 Å². The topological polar surface area (TPSA) is 110 Å². The van der Waals surface area contributed by atoms with Gasteiger partial charge in [0.15, 0.2) is 5.69 Å². The molecule has 0 spiro atoms. The molecule has 1 aromatic heterocycles. The maximum atomic E-state index is 12.2. The summed E-state index contributed by atoms with van der Waals surface area (Å²) in [7, 11) is 0. The Bertz CT molecular complexity index is 502. The van der Waals surface area contributed by atoms with E-state index in [4.69, 9.17) is 5.73 Å². The fourth-order valence-electron chi connectivity index (χ4n) is 1.71. The molecule has 7 nitrogen and oxygen atoms in total. The molecule has 0 fully saturated rings. The van der Waals surface area contributed by atoms with Crippen LogP contribution in [0, 0.1) is 0 Å². The molecule has 0 unspecified atom stereocenters. The van der Waals surface area contributed by atoms with Gasteiger partial charge in [0.2, 0.25) is 5.91 Å². The van der Waals surface area contributed by atoms with Crippen molar-refractivity contribution >= 4 is 17.5 Å². The molecule has 0 atom stereocenters. The van der Waals surface area contributed by atoms with Gasteiger partial charge in [-0.3, -0.25) is 9.59 Å². The summed E-state index contributed by atoms with van der Waals surface area (Å²) in [6.07, 6.45) is 2.39. The molecule has 1 heterocycles. The molecule has 0 bridgehead atoms. The van der Waals surface area contributed by atoms with E-state index in [1.165, 1.54) is 0 Å². The largest absolute Gasteiger partial charge is 0.382 e. The molecule has 21 heavy (non-hydrogen) atoms. The van der Waals surface area contributed by atoms with Gasteiger partial charge in [-0.25, -0.2) is 9.97 Å². The van der Waals surface area contributed by atoms with Gasteiger partial charge in [0.1, 0.15) is 5.82 Å². The second-order valence-electron chi connectivity index (χ2n) is 5.00. The van der Waals surface area contributed by atoms with E-state index in [9.17, 15) is 9.59 Å². The summed E-state index contributed by atoms with van der Waals surface area (Å²) in [6, 6.07) is 0. The molecule has 0 radical (unpaired) electrons. The molecule has 116 valence electrons. The summed E-state index contributed by atoms with van der Waals surface area (Å²) in [5.41, 5.74) is 5.99. The second-order valence-corrected chi connectivity index (χ2v) is 5.00. The monoisotopic (exact) mass is 293 g/mol. The predicted octanol–water partition coefficient (Wildman–Crippen LogP) is 1.03. The number of primary amides is 1. The van der Waals surface area contributed by atoms with Gasteiger partial charge >= 0.3 is 0 Å². The Hall–Kier alpha value is -2.18. The molecule has 7 heteroatoms. The van der Waals surface area contributed by atoms with Crippen molar-refractivity contribution in [3.05, 3.63) is 17.7 Å². The van der Waals surface area contributed by atoms with Gasteiger partial charge < -0.3 is 16.4 Å². The molecule has 0 saturated carbocycles. The number of amides is 2. The molecule has 0 aromatic carbocycles. The molecule has 4 N–H and O–H groups in total. The first-order valence-electron chi connectivity index (χ1n) is 7.13. The Labute approximate surface area is 124 Å². The molecule has 1 rings (SSSR count). The lowest BCUT2D eigenvalue weighted by Gasteiger charge is -2.12. The Morgan fingerprint density at radius 1 is 1.38 bits per heavy atom. The highest BCUT2D eigenvalue weighted by Gasteiger charge is 2.16. The van der Waals surface area contributed by atoms with Crippen molar-refractivity contribution in [3.8, 4) is 0 Å². The zero-order valence-corrected chi connectivity index (χ0v) is 12.8. The van der Waals surface area contributed by atoms with Crippen LogP contribution in [0.2, 0.25) is 0 Å². The number of nitrogens with one attached hydrogen (secondary N) is 2. The molecule has 2 amide bonds. The lowest BCUT2D eigenvalue weighted by atomic mass is 10.2. The molecule has 0 aliphatic carbocycles. The highest BCUT2D eigenvalue weighted by molar-refractivity contribution is 5.97. The maximum Gasteiger partial charge on any atom is 0.272 e. The normalized spacial score (nSPS) is 10.5. The first-order chi connectivity index (χ1) is 9.95. The summed E-state index contributed by atoms with van der Waals surface area (Å²) in [5.74, 6) is 0.113. The minimum Gasteiger partial charge on any atom is -0.382 e. The van der Waals surface area contributed by atoms with Crippen LogP contribution < -0.4 is 16.4 Å². The third-order valence-electron chi connectivity index (χ3n) is 2.79. The van der Waals surface area contributed by atoms with Crippen LogP contribution in [0.1, 0.15) is 55.8 Å². The number of hydrogen-bond donors (Lipinski definition) is 3. The number of aromatic nitrogens is 2. The van der Waals surface area contributed by atoms with E-state index >= 15 is 0 Å². The number of nitrogens with two attached hydrogens (primary N) is 1. The second kappa shape index (κ2) is 8.18. The number of anilines is 1. The average Bonchev–Trinajstić information content (AvgIpc) is 2.43. The summed E-state index contributed by atoms with van der Waals surface area (Å²) in [4.78, 5) is 31.4. The Kier molecular flexibility index (Phi) is 6.58. The summed E-state index contributed by atoms with van der Waals surface area (Å²) < 4.78 is 0. The standard InChI is InChI=1S/C14H23N5O2/c1-4-16-10-8-18-13(9(2)3)19-12(10)14(21)17-7-5-6-11(15)20/h8-9,16H,4-7H2,1-3H3,(H2,15,20)(H,17,21). The van der Waals surface area contributed by atoms with Gasteiger partial charge in [0.05, 0.1) is 11.9 Å². The van der Waals surface area contributed by atoms with Crippen molar-refractivity contribution in [2.75, 3.05) is 18.4 Å². The Morgan fingerprint density at radius 3 is 2.67 bits per heavy atom. The molecular weight excluding hydrogens is 270 g/mol. The number of carbonyl (C=O) groups excluding carboxylic acids is 2. The summed E-state index contributed by atoms with van der Waals surface area (Å²) in [6.45, 7) is 6.93. The molecule has 0 aliphatic rings. The van der Waals surface area contributed by atoms with E-state index in [0.29, 0.717) is 36.7 Å². The van der Waals surface area contributed by atoms with Crippen LogP contribution in [0.5, 0.6) is 0 Å². The van der Waals surface area contributed by atoms with Gasteiger partial charge in [-0.2, -0.15) is 0 Å². The summed E-state index contributed by atoms with van der Waals surface area (Å²) >= 11 is 0. The highest BCUT2D eigenvalue weighted by atomic mass is 16.2. The third kappa shape index (κ3) is 5.37. The van der Waals surface area contributed by atoms with Gasteiger partial charge in [-0.15, -0.1) is 0 Å². The fourth-order valence-corrected chi connectivity index (χ4v) is 1.71. The van der Waals surface area contributed by atoms with Crippen LogP contribution in [0.25, 0.3) is 0 Å². The predicted molar refractivity (Wildman–Crippen MR) is 81.0 cm³/mol. The van der Waals surface area contributed by atoms with E-state index in [2.05, 4.69) is 20.6 Å². The van der Waals surface area contributed by atoms with Crippen molar-refractivity contribution in [2.24, 2.45) is 5.73 Å². The lowest BCUT2D eigenvalue weighted by molar-refractivity contribution is -0.118. The SMILES string of the molecule is CCNc1cnc(C(C)C)nc1C(=O)NCCCC(N)=O. The van der Waals surface area contributed by atoms with Crippen molar-refractivity contribution in [1.82, 2.24) is 15.3 Å². The average molecular weight is 293 g/mol. The molecular formula is C14H23N5O2. The van der Waals surface area contributed by atoms with Gasteiger partial charge in [-0.1, -0.05) is 13.8 Å². The Balaban J connectivity index is 2.79. The van der Waals surface area contributed by atoms with Crippen molar-refractivity contribution in [1.29, 1.82) is 0 Å². The number of carbonyl (C=O) groups is 2. The van der Waals surface area contributed by atoms with Gasteiger partial charge in [0, 0.05) is 25.4 Å². The minimum atomic E-state index is -0.373. The minimum absolute atomic E-state index is 0.141. The van der Waals surface area contributed by atoms with Crippen LogP contribution in [0.4, 0.5) is 5.69 Å². The van der Waals surface area contributed by atoms with E-state index in [-0.39, 0.29) is 24.2 Å². The highest BCUT2D eigenvalue weighted by Crippen LogP contribution is 2.16. The third-order valence-corrected chi connectivity index (χ3v) is 2.79. The van der Waals surface area contributed by atoms with Crippen LogP contribution >= 0.6 is 0 Å². The van der Waals surface area contributed by atoms with E-state index in [1.54, 1.807) is 6.20 Å². The van der Waals surface area contributed by atoms with Crippen molar-refractivity contribution in [2.45, 2.75) is 39.5 Å². The first-order valence-corrected chi connectivity index (χ1v) is 7.13. The smallest absolute Gasteiger partial charge is 0.272 e. The molecule has 0 saturated heterocycles. The number of hydrogen-bond acceptors (Lipinski definition) is 5. The van der Waals surface area contributed by atoms with Crippen molar-refractivity contribution < 1.29 is 9.59 Å². The number of rotatable bonds is 8. The van der Waals surface area contributed by atoms with Crippen LogP contribution in [0.3, 0.4) is 0 Å².